The van der Waals surface area contributed by atoms with Crippen molar-refractivity contribution in [2.75, 3.05) is 17.6 Å². The molecule has 0 saturated heterocycles. The highest BCUT2D eigenvalue weighted by atomic mass is 32.2. The molecule has 4 heterocycles. The zero-order valence-electron chi connectivity index (χ0n) is 27.4. The second-order valence-corrected chi connectivity index (χ2v) is 11.4. The van der Waals surface area contributed by atoms with Gasteiger partial charge >= 0.3 is 0 Å². The Morgan fingerprint density at radius 3 is 2.57 bits per heavy atom. The number of fused-ring (bicyclic) bond motifs is 1. The quantitative estimate of drug-likeness (QED) is 0.0836. The van der Waals surface area contributed by atoms with Crippen LogP contribution >= 0.6 is 11.8 Å². The molecule has 12 nitrogen and oxygen atoms in total. The molecule has 0 aromatic carbocycles. The lowest BCUT2D eigenvalue weighted by Gasteiger charge is -2.16. The van der Waals surface area contributed by atoms with Crippen LogP contribution < -0.4 is 21.9 Å². The van der Waals surface area contributed by atoms with Crippen LogP contribution in [0, 0.1) is 23.6 Å². The highest BCUT2D eigenvalue weighted by molar-refractivity contribution is 8.26. The van der Waals surface area contributed by atoms with Gasteiger partial charge in [-0.25, -0.2) is 14.4 Å². The van der Waals surface area contributed by atoms with Crippen molar-refractivity contribution in [2.45, 2.75) is 72.8 Å². The SMILES string of the molecule is CC.CC(=N)SC(=N)c1ccc(F)cn1.CCCC/C(=C\c1cnc(N)cc1C)CNC(=O)C1CCc2ncc(N/C=C/O)c(=O)n21. The summed E-state index contributed by atoms with van der Waals surface area (Å²) in [6.07, 6.45) is 12.3. The molecule has 3 aromatic rings. The Labute approximate surface area is 278 Å². The molecule has 47 heavy (non-hydrogen) atoms. The molecule has 1 amide bonds. The van der Waals surface area contributed by atoms with Gasteiger partial charge in [-0.05, 0) is 62.4 Å². The summed E-state index contributed by atoms with van der Waals surface area (Å²) in [6.45, 7) is 10.1. The monoisotopic (exact) mass is 665 g/mol. The smallest absolute Gasteiger partial charge is 0.277 e. The molecular weight excluding hydrogens is 621 g/mol. The number of anilines is 2. The summed E-state index contributed by atoms with van der Waals surface area (Å²) in [7, 11) is 0. The van der Waals surface area contributed by atoms with Gasteiger partial charge in [0, 0.05) is 25.4 Å². The number of aromatic nitrogens is 4. The first-order chi connectivity index (χ1) is 22.5. The fraction of sp³-hybridized carbons (Fsp3) is 0.364. The summed E-state index contributed by atoms with van der Waals surface area (Å²) in [5.41, 5.74) is 9.09. The van der Waals surface area contributed by atoms with E-state index >= 15 is 0 Å². The molecular formula is C33H44FN9O3S. The third kappa shape index (κ3) is 11.8. The number of nitrogens with two attached hydrogens (primary N) is 1. The van der Waals surface area contributed by atoms with Crippen molar-refractivity contribution in [3.63, 3.8) is 0 Å². The van der Waals surface area contributed by atoms with E-state index in [2.05, 4.69) is 38.6 Å². The van der Waals surface area contributed by atoms with E-state index in [0.29, 0.717) is 41.8 Å². The van der Waals surface area contributed by atoms with Gasteiger partial charge in [-0.15, -0.1) is 0 Å². The van der Waals surface area contributed by atoms with Crippen molar-refractivity contribution < 1.29 is 14.3 Å². The number of amides is 1. The zero-order valence-corrected chi connectivity index (χ0v) is 28.2. The van der Waals surface area contributed by atoms with Crippen LogP contribution in [0.1, 0.15) is 82.1 Å². The van der Waals surface area contributed by atoms with Gasteiger partial charge in [0.2, 0.25) is 5.91 Å². The van der Waals surface area contributed by atoms with Gasteiger partial charge in [0.1, 0.15) is 34.2 Å². The molecule has 1 atom stereocenters. The highest BCUT2D eigenvalue weighted by Gasteiger charge is 2.31. The predicted molar refractivity (Wildman–Crippen MR) is 189 cm³/mol. The van der Waals surface area contributed by atoms with Crippen molar-refractivity contribution in [3.8, 4) is 0 Å². The molecule has 0 aliphatic carbocycles. The summed E-state index contributed by atoms with van der Waals surface area (Å²) in [6, 6.07) is 3.88. The molecule has 0 spiro atoms. The number of thioether (sulfide) groups is 1. The van der Waals surface area contributed by atoms with Crippen molar-refractivity contribution in [3.05, 3.63) is 93.6 Å². The number of nitrogens with one attached hydrogen (secondary N) is 4. The maximum atomic E-state index is 13.0. The average Bonchev–Trinajstić information content (AvgIpc) is 3.49. The molecule has 0 radical (unpaired) electrons. The topological polar surface area (TPSA) is 196 Å². The number of hydrogen-bond acceptors (Lipinski definition) is 11. The van der Waals surface area contributed by atoms with Gasteiger partial charge < -0.3 is 21.5 Å². The molecule has 0 saturated carbocycles. The normalized spacial score (nSPS) is 13.5. The lowest BCUT2D eigenvalue weighted by Crippen LogP contribution is -2.37. The number of aryl methyl sites for hydroxylation is 2. The fourth-order valence-electron chi connectivity index (χ4n) is 4.49. The third-order valence-electron chi connectivity index (χ3n) is 6.73. The number of hydrogen-bond donors (Lipinski definition) is 6. The first-order valence-electron chi connectivity index (χ1n) is 15.3. The fourth-order valence-corrected chi connectivity index (χ4v) is 5.02. The Morgan fingerprint density at radius 2 is 1.96 bits per heavy atom. The Morgan fingerprint density at radius 1 is 1.21 bits per heavy atom. The summed E-state index contributed by atoms with van der Waals surface area (Å²) < 4.78 is 13.9. The first kappa shape index (κ1) is 38.3. The average molecular weight is 666 g/mol. The highest BCUT2D eigenvalue weighted by Crippen LogP contribution is 2.24. The largest absolute Gasteiger partial charge is 0.514 e. The second kappa shape index (κ2) is 19.6. The minimum Gasteiger partial charge on any atom is -0.514 e. The Bertz CT molecular complexity index is 1640. The van der Waals surface area contributed by atoms with E-state index in [0.717, 1.165) is 60.2 Å². The number of carbonyl (C=O) groups excluding carboxylic acids is 1. The molecule has 4 rings (SSSR count). The summed E-state index contributed by atoms with van der Waals surface area (Å²) in [4.78, 5) is 38.0. The number of rotatable bonds is 10. The van der Waals surface area contributed by atoms with Crippen LogP contribution in [0.15, 0.2) is 59.6 Å². The Hall–Kier alpha value is -4.85. The van der Waals surface area contributed by atoms with Gasteiger partial charge in [-0.1, -0.05) is 50.6 Å². The molecule has 3 aromatic heterocycles. The number of pyridine rings is 2. The number of unbranched alkanes of at least 4 members (excludes halogenated alkanes) is 1. The van der Waals surface area contributed by atoms with Gasteiger partial charge in [-0.2, -0.15) is 0 Å². The maximum Gasteiger partial charge on any atom is 0.277 e. The Kier molecular flexibility index (Phi) is 16.0. The lowest BCUT2D eigenvalue weighted by atomic mass is 10.0. The minimum atomic E-state index is -0.614. The molecule has 0 bridgehead atoms. The van der Waals surface area contributed by atoms with Gasteiger partial charge in [0.25, 0.3) is 5.56 Å². The number of aliphatic hydroxyl groups is 1. The van der Waals surface area contributed by atoms with Crippen LogP contribution in [-0.2, 0) is 11.2 Å². The molecule has 1 unspecified atom stereocenters. The van der Waals surface area contributed by atoms with E-state index in [9.17, 15) is 14.0 Å². The van der Waals surface area contributed by atoms with Crippen molar-refractivity contribution in [1.82, 2.24) is 24.8 Å². The summed E-state index contributed by atoms with van der Waals surface area (Å²) in [5, 5.41) is 29.6. The zero-order chi connectivity index (χ0) is 34.9. The minimum absolute atomic E-state index is 0.160. The molecule has 1 aliphatic rings. The number of halogens is 1. The van der Waals surface area contributed by atoms with E-state index in [4.69, 9.17) is 21.7 Å². The van der Waals surface area contributed by atoms with Crippen molar-refractivity contribution in [2.24, 2.45) is 0 Å². The molecule has 1 aliphatic heterocycles. The van der Waals surface area contributed by atoms with Gasteiger partial charge in [-0.3, -0.25) is 30.0 Å². The Balaban J connectivity index is 0.000000427. The lowest BCUT2D eigenvalue weighted by molar-refractivity contribution is -0.124. The predicted octanol–water partition coefficient (Wildman–Crippen LogP) is 6.15. The number of nitrogen functional groups attached to an aromatic ring is 1. The van der Waals surface area contributed by atoms with Crippen molar-refractivity contribution >= 4 is 45.3 Å². The number of aliphatic hydroxyl groups excluding tert-OH is 1. The number of carbonyl (C=O) groups is 1. The van der Waals surface area contributed by atoms with E-state index in [1.54, 1.807) is 13.1 Å². The van der Waals surface area contributed by atoms with E-state index in [1.807, 2.05) is 26.8 Å². The molecule has 14 heteroatoms. The number of nitrogens with zero attached hydrogens (tertiary/aromatic N) is 4. The van der Waals surface area contributed by atoms with E-state index in [1.165, 1.54) is 29.1 Å². The van der Waals surface area contributed by atoms with E-state index in [-0.39, 0.29) is 22.2 Å². The van der Waals surface area contributed by atoms with Crippen LogP contribution in [-0.4, -0.2) is 47.2 Å². The second-order valence-electron chi connectivity index (χ2n) is 10.2. The van der Waals surface area contributed by atoms with Crippen LogP contribution in [0.3, 0.4) is 0 Å². The van der Waals surface area contributed by atoms with Crippen molar-refractivity contribution in [1.29, 1.82) is 10.8 Å². The first-order valence-corrected chi connectivity index (χ1v) is 16.1. The van der Waals surface area contributed by atoms with Gasteiger partial charge in [0.15, 0.2) is 0 Å². The molecule has 7 N–H and O–H groups in total. The molecule has 0 fully saturated rings. The van der Waals surface area contributed by atoms with E-state index < -0.39 is 11.9 Å². The summed E-state index contributed by atoms with van der Waals surface area (Å²) in [5.74, 6) is 0.425. The van der Waals surface area contributed by atoms with Gasteiger partial charge in [0.05, 0.1) is 29.4 Å². The van der Waals surface area contributed by atoms with Crippen LogP contribution in [0.5, 0.6) is 0 Å². The van der Waals surface area contributed by atoms with Crippen LogP contribution in [0.25, 0.3) is 6.08 Å². The summed E-state index contributed by atoms with van der Waals surface area (Å²) >= 11 is 0.995. The van der Waals surface area contributed by atoms with Crippen LogP contribution in [0.4, 0.5) is 15.9 Å². The third-order valence-corrected chi connectivity index (χ3v) is 7.45. The maximum absolute atomic E-state index is 13.0. The van der Waals surface area contributed by atoms with Crippen LogP contribution in [0.2, 0.25) is 0 Å². The molecule has 252 valence electrons. The standard InChI is InChI=1S/C23H30N6O3.C8H8FN3S.C2H6/c1-3-4-5-16(11-17-13-26-20(24)10-15(17)2)12-28-22(31)19-6-7-21-27-14-18(25-8-9-30)23(32)29(19)21;1-5(10)13-8(11)7-3-2-6(9)4-12-7;1-2/h8-11,13-14,19,25,30H,3-7,12H2,1-2H3,(H2,24,26)(H,28,31);2-4,10-11H,1H3;1-2H3/b9-8+,16-11+;;.